The molecule has 0 amide bonds. The van der Waals surface area contributed by atoms with Crippen molar-refractivity contribution in [3.8, 4) is 0 Å². The fraction of sp³-hybridized carbons (Fsp3) is 0.500. The zero-order valence-corrected chi connectivity index (χ0v) is 7.38. The van der Waals surface area contributed by atoms with Gasteiger partial charge in [0.2, 0.25) is 0 Å². The molecule has 66 valence electrons. The van der Waals surface area contributed by atoms with Crippen molar-refractivity contribution < 1.29 is 9.47 Å². The summed E-state index contributed by atoms with van der Waals surface area (Å²) in [5.74, 6) is 0. The van der Waals surface area contributed by atoms with E-state index in [1.54, 1.807) is 0 Å². The Morgan fingerprint density at radius 1 is 1.83 bits per heavy atom. The molecule has 2 nitrogen and oxygen atoms in total. The molecular formula is C10H14O2. The van der Waals surface area contributed by atoms with E-state index in [-0.39, 0.29) is 0 Å². The van der Waals surface area contributed by atoms with E-state index in [4.69, 9.17) is 9.47 Å². The van der Waals surface area contributed by atoms with Crippen LogP contribution in [0.3, 0.4) is 0 Å². The number of ether oxygens (including phenoxy) is 2. The topological polar surface area (TPSA) is 21.8 Å². The molecule has 0 aromatic carbocycles. The van der Waals surface area contributed by atoms with E-state index in [2.05, 4.69) is 12.3 Å². The molecule has 0 aromatic heterocycles. The molecule has 1 saturated heterocycles. The second-order valence-electron chi connectivity index (χ2n) is 2.85. The van der Waals surface area contributed by atoms with Gasteiger partial charge in [0.05, 0.1) is 19.8 Å². The van der Waals surface area contributed by atoms with Gasteiger partial charge < -0.3 is 9.47 Å². The first-order chi connectivity index (χ1) is 5.79. The van der Waals surface area contributed by atoms with Gasteiger partial charge in [-0.2, -0.15) is 0 Å². The smallest absolute Gasteiger partial charge is 0.104 e. The van der Waals surface area contributed by atoms with Crippen LogP contribution in [0.4, 0.5) is 0 Å². The summed E-state index contributed by atoms with van der Waals surface area (Å²) in [6, 6.07) is 0. The van der Waals surface area contributed by atoms with Gasteiger partial charge >= 0.3 is 0 Å². The van der Waals surface area contributed by atoms with Crippen molar-refractivity contribution in [1.82, 2.24) is 0 Å². The second kappa shape index (κ2) is 4.94. The lowest BCUT2D eigenvalue weighted by Crippen LogP contribution is -2.00. The molecule has 1 aliphatic heterocycles. The van der Waals surface area contributed by atoms with E-state index in [9.17, 15) is 0 Å². The van der Waals surface area contributed by atoms with Crippen molar-refractivity contribution in [2.75, 3.05) is 19.8 Å². The van der Waals surface area contributed by atoms with Gasteiger partial charge in [-0.1, -0.05) is 12.2 Å². The number of hydrogen-bond acceptors (Lipinski definition) is 2. The highest BCUT2D eigenvalue weighted by molar-refractivity contribution is 5.10. The Balaban J connectivity index is 1.99. The Morgan fingerprint density at radius 2 is 2.58 bits per heavy atom. The van der Waals surface area contributed by atoms with Crippen LogP contribution < -0.4 is 0 Å². The maximum atomic E-state index is 5.25. The van der Waals surface area contributed by atoms with Gasteiger partial charge in [-0.05, 0) is 19.1 Å². The number of allylic oxidation sites excluding steroid dienone is 1. The SMILES string of the molecule is C=C(C)C=C=CCOCC1CO1. The molecule has 0 N–H and O–H groups in total. The highest BCUT2D eigenvalue weighted by Gasteiger charge is 2.21. The molecule has 12 heavy (non-hydrogen) atoms. The predicted octanol–water partition coefficient (Wildman–Crippen LogP) is 1.69. The van der Waals surface area contributed by atoms with Gasteiger partial charge in [-0.25, -0.2) is 0 Å². The van der Waals surface area contributed by atoms with E-state index in [1.165, 1.54) is 0 Å². The molecule has 1 unspecified atom stereocenters. The van der Waals surface area contributed by atoms with Crippen molar-refractivity contribution in [2.45, 2.75) is 13.0 Å². The summed E-state index contributed by atoms with van der Waals surface area (Å²) in [6.07, 6.45) is 4.03. The third-order valence-corrected chi connectivity index (χ3v) is 1.35. The van der Waals surface area contributed by atoms with Crippen LogP contribution in [-0.4, -0.2) is 25.9 Å². The molecule has 0 saturated carbocycles. The minimum absolute atomic E-state index is 0.350. The summed E-state index contributed by atoms with van der Waals surface area (Å²) in [7, 11) is 0. The Labute approximate surface area is 73.2 Å². The van der Waals surface area contributed by atoms with Crippen molar-refractivity contribution in [2.24, 2.45) is 0 Å². The van der Waals surface area contributed by atoms with E-state index < -0.39 is 0 Å². The number of epoxide rings is 1. The van der Waals surface area contributed by atoms with Crippen LogP contribution in [0.2, 0.25) is 0 Å². The molecule has 0 bridgehead atoms. The number of rotatable bonds is 5. The minimum atomic E-state index is 0.350. The van der Waals surface area contributed by atoms with E-state index >= 15 is 0 Å². The molecule has 0 radical (unpaired) electrons. The van der Waals surface area contributed by atoms with Crippen LogP contribution in [0.15, 0.2) is 30.0 Å². The maximum absolute atomic E-state index is 5.25. The molecule has 0 aliphatic carbocycles. The van der Waals surface area contributed by atoms with Gasteiger partial charge in [0.1, 0.15) is 6.10 Å². The van der Waals surface area contributed by atoms with Crippen LogP contribution in [-0.2, 0) is 9.47 Å². The summed E-state index contributed by atoms with van der Waals surface area (Å²) in [5.41, 5.74) is 3.96. The van der Waals surface area contributed by atoms with Crippen molar-refractivity contribution >= 4 is 0 Å². The first kappa shape index (κ1) is 9.27. The summed E-state index contributed by atoms with van der Waals surface area (Å²) in [6.45, 7) is 7.80. The highest BCUT2D eigenvalue weighted by atomic mass is 16.6. The summed E-state index contributed by atoms with van der Waals surface area (Å²) in [5, 5.41) is 0. The molecule has 0 aromatic rings. The number of hydrogen-bond donors (Lipinski definition) is 0. The van der Waals surface area contributed by atoms with Crippen LogP contribution >= 0.6 is 0 Å². The average molecular weight is 166 g/mol. The summed E-state index contributed by atoms with van der Waals surface area (Å²) in [4.78, 5) is 0. The maximum Gasteiger partial charge on any atom is 0.104 e. The third-order valence-electron chi connectivity index (χ3n) is 1.35. The highest BCUT2D eigenvalue weighted by Crippen LogP contribution is 2.07. The third kappa shape index (κ3) is 4.91. The van der Waals surface area contributed by atoms with Gasteiger partial charge in [0.25, 0.3) is 0 Å². The van der Waals surface area contributed by atoms with E-state index in [0.29, 0.717) is 19.3 Å². The van der Waals surface area contributed by atoms with Gasteiger partial charge in [0, 0.05) is 0 Å². The second-order valence-corrected chi connectivity index (χ2v) is 2.85. The first-order valence-corrected chi connectivity index (χ1v) is 4.05. The molecule has 1 heterocycles. The van der Waals surface area contributed by atoms with Gasteiger partial charge in [-0.3, -0.25) is 0 Å². The molecule has 2 heteroatoms. The summed E-state index contributed by atoms with van der Waals surface area (Å²) >= 11 is 0. The van der Waals surface area contributed by atoms with Gasteiger partial charge in [0.15, 0.2) is 0 Å². The zero-order chi connectivity index (χ0) is 8.81. The average Bonchev–Trinajstić information content (AvgIpc) is 2.79. The molecule has 0 spiro atoms. The lowest BCUT2D eigenvalue weighted by Gasteiger charge is -1.93. The van der Waals surface area contributed by atoms with E-state index in [1.807, 2.05) is 19.1 Å². The standard InChI is InChI=1S/C10H14O2/c1-9(2)5-3-4-6-11-7-10-8-12-10/h4-5,10H,1,6-8H2,2H3. The van der Waals surface area contributed by atoms with Crippen LogP contribution in [0.25, 0.3) is 0 Å². The van der Waals surface area contributed by atoms with Crippen LogP contribution in [0, 0.1) is 0 Å². The van der Waals surface area contributed by atoms with Crippen molar-refractivity contribution in [3.05, 3.63) is 30.0 Å². The summed E-state index contributed by atoms with van der Waals surface area (Å²) < 4.78 is 10.2. The van der Waals surface area contributed by atoms with E-state index in [0.717, 1.165) is 12.2 Å². The fourth-order valence-corrected chi connectivity index (χ4v) is 0.672. The fourth-order valence-electron chi connectivity index (χ4n) is 0.672. The molecule has 1 fully saturated rings. The lowest BCUT2D eigenvalue weighted by molar-refractivity contribution is 0.141. The van der Waals surface area contributed by atoms with Crippen molar-refractivity contribution in [3.63, 3.8) is 0 Å². The van der Waals surface area contributed by atoms with Crippen LogP contribution in [0.5, 0.6) is 0 Å². The monoisotopic (exact) mass is 166 g/mol. The lowest BCUT2D eigenvalue weighted by atomic mass is 10.3. The van der Waals surface area contributed by atoms with Crippen molar-refractivity contribution in [1.29, 1.82) is 0 Å². The normalized spacial score (nSPS) is 19.6. The Bertz CT molecular complexity index is 208. The Kier molecular flexibility index (Phi) is 3.81. The first-order valence-electron chi connectivity index (χ1n) is 4.05. The van der Waals surface area contributed by atoms with Crippen LogP contribution in [0.1, 0.15) is 6.92 Å². The molecular weight excluding hydrogens is 152 g/mol. The Hall–Kier alpha value is -0.820. The largest absolute Gasteiger partial charge is 0.374 e. The molecule has 1 rings (SSSR count). The molecule has 1 atom stereocenters. The van der Waals surface area contributed by atoms with Gasteiger partial charge in [-0.15, -0.1) is 5.73 Å². The minimum Gasteiger partial charge on any atom is -0.374 e. The quantitative estimate of drug-likeness (QED) is 0.268. The zero-order valence-electron chi connectivity index (χ0n) is 7.38. The Morgan fingerprint density at radius 3 is 3.17 bits per heavy atom. The molecule has 1 aliphatic rings. The predicted molar refractivity (Wildman–Crippen MR) is 48.0 cm³/mol.